The van der Waals surface area contributed by atoms with E-state index in [4.69, 9.17) is 9.47 Å². The Labute approximate surface area is 246 Å². The van der Waals surface area contributed by atoms with E-state index >= 15 is 4.11 Å². The Bertz CT molecular complexity index is 1390. The zero-order chi connectivity index (χ0) is 29.8. The number of likely N-dealkylation sites (tertiary alicyclic amines) is 1. The normalized spacial score (nSPS) is 29.1. The minimum atomic E-state index is -3.47. The first-order valence-corrected chi connectivity index (χ1v) is 17.7. The van der Waals surface area contributed by atoms with Crippen molar-refractivity contribution in [3.05, 3.63) is 59.7 Å². The van der Waals surface area contributed by atoms with Crippen molar-refractivity contribution in [2.75, 3.05) is 36.1 Å². The van der Waals surface area contributed by atoms with Crippen LogP contribution in [-0.2, 0) is 31.2 Å². The van der Waals surface area contributed by atoms with Crippen molar-refractivity contribution in [2.45, 2.75) is 69.1 Å². The van der Waals surface area contributed by atoms with E-state index in [-0.39, 0.29) is 37.5 Å². The number of aliphatic hydroxyl groups is 1. The molecule has 1 spiro atoms. The van der Waals surface area contributed by atoms with Crippen molar-refractivity contribution in [1.82, 2.24) is 4.90 Å². The second-order valence-corrected chi connectivity index (χ2v) is 16.2. The molecule has 9 nitrogen and oxygen atoms in total. The van der Waals surface area contributed by atoms with Crippen LogP contribution in [0.2, 0.25) is 18.6 Å². The maximum Gasteiger partial charge on any atom is 0.414 e. The summed E-state index contributed by atoms with van der Waals surface area (Å²) in [6.07, 6.45) is 0.193. The highest BCUT2D eigenvalue weighted by atomic mass is 28.4. The van der Waals surface area contributed by atoms with Crippen LogP contribution in [0.5, 0.6) is 0 Å². The van der Waals surface area contributed by atoms with E-state index in [1.165, 1.54) is 4.90 Å². The number of amides is 3. The van der Waals surface area contributed by atoms with Crippen LogP contribution in [0.25, 0.3) is 0 Å². The minimum Gasteiger partial charge on any atom is -0.447 e. The number of rotatable bonds is 7. The van der Waals surface area contributed by atoms with Gasteiger partial charge in [0.25, 0.3) is 5.91 Å². The van der Waals surface area contributed by atoms with Gasteiger partial charge in [-0.25, -0.2) is 4.79 Å². The monoisotopic (exact) mass is 595 g/mol. The Morgan fingerprint density at radius 3 is 2.57 bits per heavy atom. The average Bonchev–Trinajstić information content (AvgIpc) is 3.72. The molecule has 1 N–H and O–H groups in total. The predicted molar refractivity (Wildman–Crippen MR) is 157 cm³/mol. The van der Waals surface area contributed by atoms with Crippen molar-refractivity contribution >= 4 is 37.7 Å². The molecule has 0 unspecified atom stereocenters. The fourth-order valence-corrected chi connectivity index (χ4v) is 10.1. The molecule has 0 aliphatic carbocycles. The molecule has 2 aromatic rings. The second-order valence-electron chi connectivity index (χ2n) is 12.4. The van der Waals surface area contributed by atoms with Crippen LogP contribution in [0.15, 0.2) is 48.5 Å². The van der Waals surface area contributed by atoms with Crippen LogP contribution in [0.1, 0.15) is 37.3 Å². The molecule has 4 aliphatic heterocycles. The van der Waals surface area contributed by atoms with E-state index in [1.54, 1.807) is 35.0 Å². The van der Waals surface area contributed by atoms with E-state index in [9.17, 15) is 19.5 Å². The number of nitrogens with zero attached hydrogens (tertiary/aromatic N) is 3. The largest absolute Gasteiger partial charge is 0.447 e. The summed E-state index contributed by atoms with van der Waals surface area (Å²) in [5.74, 6) is -1.05. The van der Waals surface area contributed by atoms with E-state index in [0.29, 0.717) is 36.6 Å². The summed E-state index contributed by atoms with van der Waals surface area (Å²) in [6.45, 7) is 6.46. The number of fused-ring (bicyclic) bond motifs is 2. The van der Waals surface area contributed by atoms with E-state index in [1.807, 2.05) is 43.3 Å². The number of anilines is 2. The van der Waals surface area contributed by atoms with Crippen LogP contribution in [-0.4, -0.2) is 74.8 Å². The fraction of sp³-hybridized carbons (Fsp3) is 0.516. The number of carbonyl (C=O) groups is 3. The smallest absolute Gasteiger partial charge is 0.414 e. The molecule has 42 heavy (non-hydrogen) atoms. The van der Waals surface area contributed by atoms with Crippen LogP contribution in [0.4, 0.5) is 20.3 Å². The van der Waals surface area contributed by atoms with Crippen molar-refractivity contribution < 1.29 is 33.1 Å². The van der Waals surface area contributed by atoms with E-state index < -0.39 is 37.7 Å². The number of aliphatic hydroxyl groups excluding tert-OH is 1. The van der Waals surface area contributed by atoms with Gasteiger partial charge in [0, 0.05) is 29.3 Å². The zero-order valence-electron chi connectivity index (χ0n) is 24.3. The number of benzene rings is 2. The summed E-state index contributed by atoms with van der Waals surface area (Å²) >= 11 is 0. The lowest BCUT2D eigenvalue weighted by Gasteiger charge is -2.31. The lowest BCUT2D eigenvalue weighted by Crippen LogP contribution is -2.45. The molecule has 224 valence electrons. The highest BCUT2D eigenvalue weighted by Gasteiger charge is 2.67. The topological polar surface area (TPSA) is 99.6 Å². The summed E-state index contributed by atoms with van der Waals surface area (Å²) in [6, 6.07) is 14.8. The zero-order valence-corrected chi connectivity index (χ0v) is 25.3. The Hall–Kier alpha value is -3.28. The molecular formula is C31H38FN3O6Si. The number of cyclic esters (lactones) is 1. The summed E-state index contributed by atoms with van der Waals surface area (Å²) in [5.41, 5.74) is 0.592. The fourth-order valence-electron chi connectivity index (χ4n) is 7.60. The molecule has 5 atom stereocenters. The molecule has 6 rings (SSSR count). The average molecular weight is 596 g/mol. The molecule has 3 saturated heterocycles. The summed E-state index contributed by atoms with van der Waals surface area (Å²) in [5, 5.41) is 9.80. The van der Waals surface area contributed by atoms with Gasteiger partial charge >= 0.3 is 6.09 Å². The van der Waals surface area contributed by atoms with Crippen LogP contribution in [0.3, 0.4) is 0 Å². The van der Waals surface area contributed by atoms with Gasteiger partial charge in [0.1, 0.15) is 6.61 Å². The van der Waals surface area contributed by atoms with Gasteiger partial charge in [-0.15, -0.1) is 0 Å². The van der Waals surface area contributed by atoms with Crippen LogP contribution >= 0.6 is 0 Å². The van der Waals surface area contributed by atoms with Crippen molar-refractivity contribution in [3.63, 3.8) is 0 Å². The van der Waals surface area contributed by atoms with E-state index in [0.717, 1.165) is 18.4 Å². The van der Waals surface area contributed by atoms with Crippen molar-refractivity contribution in [1.29, 1.82) is 0 Å². The SMILES string of the molecule is C[C@H]1[C@H]([Si](C)(C)F)[C@@H](CC(=O)N2CCC[C@H]2CO)O[C@]12C(=O)N(Cc1ccccc1)c1ccc(N3CCOC3=O)cc12. The van der Waals surface area contributed by atoms with Gasteiger partial charge in [0.2, 0.25) is 14.3 Å². The molecule has 2 aromatic carbocycles. The third-order valence-corrected chi connectivity index (χ3v) is 11.9. The van der Waals surface area contributed by atoms with Crippen molar-refractivity contribution in [3.8, 4) is 0 Å². The number of hydrogen-bond acceptors (Lipinski definition) is 6. The highest BCUT2D eigenvalue weighted by Crippen LogP contribution is 2.60. The lowest BCUT2D eigenvalue weighted by molar-refractivity contribution is -0.150. The third kappa shape index (κ3) is 4.62. The number of ether oxygens (including phenoxy) is 2. The molecular weight excluding hydrogens is 557 g/mol. The van der Waals surface area contributed by atoms with Gasteiger partial charge in [-0.3, -0.25) is 14.5 Å². The van der Waals surface area contributed by atoms with Gasteiger partial charge in [-0.1, -0.05) is 37.3 Å². The summed E-state index contributed by atoms with van der Waals surface area (Å²) in [7, 11) is -3.47. The maximum atomic E-state index is 16.2. The van der Waals surface area contributed by atoms with Gasteiger partial charge in [-0.2, -0.15) is 0 Å². The highest BCUT2D eigenvalue weighted by molar-refractivity contribution is 6.72. The number of carbonyl (C=O) groups excluding carboxylic acids is 3. The molecule has 11 heteroatoms. The first-order valence-electron chi connectivity index (χ1n) is 14.8. The maximum absolute atomic E-state index is 16.2. The third-order valence-electron chi connectivity index (χ3n) is 9.48. The Morgan fingerprint density at radius 1 is 1.14 bits per heavy atom. The Balaban J connectivity index is 1.43. The summed E-state index contributed by atoms with van der Waals surface area (Å²) in [4.78, 5) is 45.5. The van der Waals surface area contributed by atoms with Gasteiger partial charge in [0.15, 0.2) is 5.60 Å². The number of hydrogen-bond donors (Lipinski definition) is 1. The molecule has 0 bridgehead atoms. The van der Waals surface area contributed by atoms with Crippen LogP contribution < -0.4 is 9.80 Å². The standard InChI is InChI=1S/C31H38FN3O6Si/c1-20-28(42(2,3)32)26(17-27(37)33-13-7-10-23(33)19-36)41-31(20)24-16-22(34-14-15-40-30(34)39)11-12-25(24)35(29(31)38)18-21-8-5-4-6-9-21/h4-6,8-9,11-12,16,20,23,26,28,36H,7,10,13-15,17-19H2,1-3H3/t20-,23-,26+,28-,31+/m0/s1. The summed E-state index contributed by atoms with van der Waals surface area (Å²) < 4.78 is 28.2. The molecule has 3 amide bonds. The quantitative estimate of drug-likeness (QED) is 0.378. The molecule has 4 heterocycles. The number of halogens is 1. The molecule has 3 fully saturated rings. The van der Waals surface area contributed by atoms with Gasteiger partial charge in [-0.05, 0) is 49.7 Å². The molecule has 0 radical (unpaired) electrons. The molecule has 0 aromatic heterocycles. The Kier molecular flexibility index (Phi) is 7.39. The second kappa shape index (κ2) is 10.8. The van der Waals surface area contributed by atoms with Crippen molar-refractivity contribution in [2.24, 2.45) is 5.92 Å². The van der Waals surface area contributed by atoms with Gasteiger partial charge in [0.05, 0.1) is 44.0 Å². The molecule has 0 saturated carbocycles. The minimum absolute atomic E-state index is 0.0625. The molecule has 4 aliphatic rings. The Morgan fingerprint density at radius 2 is 1.90 bits per heavy atom. The predicted octanol–water partition coefficient (Wildman–Crippen LogP) is 4.34. The lowest BCUT2D eigenvalue weighted by atomic mass is 9.82. The van der Waals surface area contributed by atoms with Gasteiger partial charge < -0.3 is 28.5 Å². The van der Waals surface area contributed by atoms with Crippen LogP contribution in [0, 0.1) is 5.92 Å². The van der Waals surface area contributed by atoms with E-state index in [2.05, 4.69) is 0 Å². The first kappa shape index (κ1) is 28.8. The first-order chi connectivity index (χ1) is 20.1.